The van der Waals surface area contributed by atoms with Crippen LogP contribution in [0.15, 0.2) is 33.8 Å². The van der Waals surface area contributed by atoms with Crippen molar-refractivity contribution in [1.29, 1.82) is 0 Å². The van der Waals surface area contributed by atoms with Crippen LogP contribution in [0.5, 0.6) is 0 Å². The number of halogens is 2. The minimum Gasteiger partial charge on any atom is -0.357 e. The van der Waals surface area contributed by atoms with Crippen LogP contribution in [-0.4, -0.2) is 58.2 Å². The smallest absolute Gasteiger partial charge is 0.228 e. The van der Waals surface area contributed by atoms with E-state index in [1.54, 1.807) is 0 Å². The lowest BCUT2D eigenvalue weighted by molar-refractivity contribution is 0.379. The van der Waals surface area contributed by atoms with Gasteiger partial charge in [0.15, 0.2) is 5.96 Å². The molecule has 1 aliphatic heterocycles. The van der Waals surface area contributed by atoms with Gasteiger partial charge in [0.05, 0.1) is 6.54 Å². The number of thioether (sulfide) groups is 1. The van der Waals surface area contributed by atoms with Gasteiger partial charge in [-0.2, -0.15) is 16.7 Å². The minimum absolute atomic E-state index is 0. The van der Waals surface area contributed by atoms with Gasteiger partial charge >= 0.3 is 0 Å². The Hall–Kier alpha value is -1.000. The van der Waals surface area contributed by atoms with Gasteiger partial charge in [-0.1, -0.05) is 23.7 Å². The number of benzene rings is 1. The predicted molar refractivity (Wildman–Crippen MR) is 128 cm³/mol. The summed E-state index contributed by atoms with van der Waals surface area (Å²) in [5.41, 5.74) is 0.891. The average molecular weight is 536 g/mol. The third kappa shape index (κ3) is 6.52. The van der Waals surface area contributed by atoms with Crippen molar-refractivity contribution < 1.29 is 4.52 Å². The number of hydrogen-bond donors (Lipinski definition) is 1. The van der Waals surface area contributed by atoms with Crippen molar-refractivity contribution in [2.45, 2.75) is 31.9 Å². The van der Waals surface area contributed by atoms with Gasteiger partial charge in [-0.3, -0.25) is 4.99 Å². The van der Waals surface area contributed by atoms with Crippen LogP contribution >= 0.6 is 47.3 Å². The topological polar surface area (TPSA) is 66.5 Å². The lowest BCUT2D eigenvalue weighted by Gasteiger charge is -2.34. The first kappa shape index (κ1) is 23.3. The lowest BCUT2D eigenvalue weighted by atomic mass is 10.2. The van der Waals surface area contributed by atoms with E-state index < -0.39 is 0 Å². The van der Waals surface area contributed by atoms with E-state index in [1.807, 2.05) is 24.3 Å². The zero-order chi connectivity index (χ0) is 19.1. The van der Waals surface area contributed by atoms with E-state index in [-0.39, 0.29) is 24.0 Å². The Balaban J connectivity index is 0.00000280. The highest BCUT2D eigenvalue weighted by Crippen LogP contribution is 2.21. The summed E-state index contributed by atoms with van der Waals surface area (Å²) < 4.78 is 5.37. The molecule has 0 amide bonds. The molecule has 6 nitrogen and oxygen atoms in total. The Morgan fingerprint density at radius 2 is 2.14 bits per heavy atom. The summed E-state index contributed by atoms with van der Waals surface area (Å²) >= 11 is 7.98. The van der Waals surface area contributed by atoms with E-state index in [0.29, 0.717) is 35.0 Å². The molecule has 154 valence electrons. The van der Waals surface area contributed by atoms with Gasteiger partial charge in [-0.05, 0) is 37.6 Å². The highest BCUT2D eigenvalue weighted by Gasteiger charge is 2.21. The Labute approximate surface area is 192 Å². The zero-order valence-electron chi connectivity index (χ0n) is 16.2. The maximum absolute atomic E-state index is 5.92. The summed E-state index contributed by atoms with van der Waals surface area (Å²) in [5.74, 6) is 3.31. The summed E-state index contributed by atoms with van der Waals surface area (Å²) in [7, 11) is 0. The molecule has 1 unspecified atom stereocenters. The number of guanidine groups is 1. The molecule has 0 bridgehead atoms. The molecule has 2 aromatic rings. The summed E-state index contributed by atoms with van der Waals surface area (Å²) in [6, 6.07) is 7.41. The molecule has 0 radical (unpaired) electrons. The third-order valence-electron chi connectivity index (χ3n) is 4.39. The van der Waals surface area contributed by atoms with Crippen LogP contribution in [0.2, 0.25) is 5.02 Å². The Morgan fingerprint density at radius 1 is 1.36 bits per heavy atom. The third-order valence-corrected chi connectivity index (χ3v) is 6.01. The van der Waals surface area contributed by atoms with Gasteiger partial charge in [-0.15, -0.1) is 24.0 Å². The van der Waals surface area contributed by atoms with E-state index >= 15 is 0 Å². The molecule has 1 saturated heterocycles. The van der Waals surface area contributed by atoms with Gasteiger partial charge in [0.25, 0.3) is 0 Å². The van der Waals surface area contributed by atoms with Crippen LogP contribution in [0.1, 0.15) is 26.2 Å². The van der Waals surface area contributed by atoms with E-state index in [0.717, 1.165) is 36.9 Å². The predicted octanol–water partition coefficient (Wildman–Crippen LogP) is 4.34. The molecular weight excluding hydrogens is 509 g/mol. The average Bonchev–Trinajstić information content (AvgIpc) is 3.17. The zero-order valence-corrected chi connectivity index (χ0v) is 20.1. The van der Waals surface area contributed by atoms with Crippen molar-refractivity contribution >= 4 is 53.3 Å². The molecular formula is C19H27ClIN5OS. The first-order valence-electron chi connectivity index (χ1n) is 9.43. The highest BCUT2D eigenvalue weighted by molar-refractivity contribution is 14.0. The van der Waals surface area contributed by atoms with Crippen molar-refractivity contribution in [3.63, 3.8) is 0 Å². The number of nitrogens with zero attached hydrogens (tertiary/aromatic N) is 4. The maximum atomic E-state index is 5.92. The second-order valence-corrected chi connectivity index (χ2v) is 8.20. The largest absolute Gasteiger partial charge is 0.357 e. The molecule has 28 heavy (non-hydrogen) atoms. The van der Waals surface area contributed by atoms with Crippen LogP contribution in [0.25, 0.3) is 11.4 Å². The molecule has 1 aromatic heterocycles. The van der Waals surface area contributed by atoms with Crippen LogP contribution in [0.4, 0.5) is 0 Å². The molecule has 1 aromatic carbocycles. The fourth-order valence-electron chi connectivity index (χ4n) is 2.91. The van der Waals surface area contributed by atoms with E-state index in [1.165, 1.54) is 6.42 Å². The number of nitrogens with one attached hydrogen (secondary N) is 1. The lowest BCUT2D eigenvalue weighted by Crippen LogP contribution is -2.48. The molecule has 3 rings (SSSR count). The van der Waals surface area contributed by atoms with E-state index in [4.69, 9.17) is 21.1 Å². The quantitative estimate of drug-likeness (QED) is 0.337. The van der Waals surface area contributed by atoms with Crippen molar-refractivity contribution in [3.8, 4) is 11.4 Å². The first-order valence-corrected chi connectivity index (χ1v) is 10.9. The number of rotatable bonds is 6. The standard InChI is InChI=1S/C19H26ClN5OS.HI/c1-3-16-13-25(11-12-27-16)19(21-4-2)22-10-9-17-23-18(24-26-17)14-5-7-15(20)8-6-14;/h5-8,16H,3-4,9-13H2,1-2H3,(H,21,22);1H. The molecule has 0 saturated carbocycles. The highest BCUT2D eigenvalue weighted by atomic mass is 127. The van der Waals surface area contributed by atoms with Crippen LogP contribution < -0.4 is 5.32 Å². The van der Waals surface area contributed by atoms with E-state index in [2.05, 4.69) is 46.0 Å². The van der Waals surface area contributed by atoms with E-state index in [9.17, 15) is 0 Å². The summed E-state index contributed by atoms with van der Waals surface area (Å²) in [6.07, 6.45) is 1.81. The first-order chi connectivity index (χ1) is 13.2. The second-order valence-electron chi connectivity index (χ2n) is 6.35. The summed E-state index contributed by atoms with van der Waals surface area (Å²) in [5, 5.41) is 8.83. The van der Waals surface area contributed by atoms with Crippen LogP contribution in [0.3, 0.4) is 0 Å². The Bertz CT molecular complexity index is 755. The molecule has 1 atom stereocenters. The molecule has 0 spiro atoms. The fourth-order valence-corrected chi connectivity index (χ4v) is 4.22. The Morgan fingerprint density at radius 3 is 2.86 bits per heavy atom. The van der Waals surface area contributed by atoms with Crippen molar-refractivity contribution in [3.05, 3.63) is 35.2 Å². The van der Waals surface area contributed by atoms with Gasteiger partial charge in [0.1, 0.15) is 0 Å². The molecule has 1 aliphatic rings. The number of hydrogen-bond acceptors (Lipinski definition) is 5. The molecule has 0 aliphatic carbocycles. The van der Waals surface area contributed by atoms with Crippen molar-refractivity contribution in [1.82, 2.24) is 20.4 Å². The number of aliphatic imine (C=N–C) groups is 1. The Kier molecular flexibility index (Phi) is 9.87. The fraction of sp³-hybridized carbons (Fsp3) is 0.526. The number of aromatic nitrogens is 2. The normalized spacial score (nSPS) is 17.3. The minimum atomic E-state index is 0. The maximum Gasteiger partial charge on any atom is 0.228 e. The van der Waals surface area contributed by atoms with Crippen molar-refractivity contribution in [2.75, 3.05) is 31.9 Å². The summed E-state index contributed by atoms with van der Waals surface area (Å²) in [6.45, 7) is 7.91. The molecule has 9 heteroatoms. The van der Waals surface area contributed by atoms with Gasteiger partial charge < -0.3 is 14.7 Å². The van der Waals surface area contributed by atoms with Gasteiger partial charge in [0, 0.05) is 47.6 Å². The van der Waals surface area contributed by atoms with Crippen molar-refractivity contribution in [2.24, 2.45) is 4.99 Å². The van der Waals surface area contributed by atoms with Gasteiger partial charge in [-0.25, -0.2) is 0 Å². The molecule has 1 N–H and O–H groups in total. The molecule has 2 heterocycles. The van der Waals surface area contributed by atoms with Crippen LogP contribution in [0, 0.1) is 0 Å². The monoisotopic (exact) mass is 535 g/mol. The SMILES string of the molecule is CCNC(=NCCc1nc(-c2ccc(Cl)cc2)no1)N1CCSC(CC)C1.I. The van der Waals surface area contributed by atoms with Gasteiger partial charge in [0.2, 0.25) is 11.7 Å². The molecule has 1 fully saturated rings. The summed E-state index contributed by atoms with van der Waals surface area (Å²) in [4.78, 5) is 11.6. The van der Waals surface area contributed by atoms with Crippen LogP contribution in [-0.2, 0) is 6.42 Å². The second kappa shape index (κ2) is 11.9.